The van der Waals surface area contributed by atoms with Gasteiger partial charge in [-0.15, -0.1) is 0 Å². The molecule has 0 aromatic heterocycles. The maximum Gasteiger partial charge on any atom is 0.312 e. The Kier molecular flexibility index (Phi) is 4.11. The molecular weight excluding hydrogens is 328 g/mol. The van der Waals surface area contributed by atoms with Gasteiger partial charge in [0.25, 0.3) is 0 Å². The smallest absolute Gasteiger partial charge is 0.312 e. The summed E-state index contributed by atoms with van der Waals surface area (Å²) in [7, 11) is 0. The van der Waals surface area contributed by atoms with Crippen molar-refractivity contribution in [2.75, 3.05) is 0 Å². The van der Waals surface area contributed by atoms with Crippen molar-refractivity contribution in [1.29, 1.82) is 0 Å². The fourth-order valence-corrected chi connectivity index (χ4v) is 4.35. The number of hydrogen-bond donors (Lipinski definition) is 1. The Bertz CT molecular complexity index is 871. The van der Waals surface area contributed by atoms with E-state index < -0.39 is 17.3 Å². The molecule has 2 aromatic carbocycles. The summed E-state index contributed by atoms with van der Waals surface area (Å²) in [5, 5.41) is 9.51. The molecule has 4 heteroatoms. The lowest BCUT2D eigenvalue weighted by atomic mass is 9.75. The summed E-state index contributed by atoms with van der Waals surface area (Å²) in [6, 6.07) is 17.2. The van der Waals surface area contributed by atoms with Crippen LogP contribution in [0.1, 0.15) is 19.3 Å². The molecule has 0 aliphatic heterocycles. The van der Waals surface area contributed by atoms with Crippen LogP contribution >= 0.6 is 0 Å². The highest BCUT2D eigenvalue weighted by atomic mass is 16.5. The average molecular weight is 348 g/mol. The van der Waals surface area contributed by atoms with Crippen LogP contribution in [0.25, 0.3) is 11.1 Å². The number of fused-ring (bicyclic) bond motifs is 2. The first kappa shape index (κ1) is 16.6. The molecule has 3 unspecified atom stereocenters. The summed E-state index contributed by atoms with van der Waals surface area (Å²) < 4.78 is 5.67. The van der Waals surface area contributed by atoms with E-state index in [-0.39, 0.29) is 18.3 Å². The van der Waals surface area contributed by atoms with Crippen molar-refractivity contribution in [3.63, 3.8) is 0 Å². The molecule has 1 N–H and O–H groups in total. The third kappa shape index (κ3) is 2.92. The highest BCUT2D eigenvalue weighted by Crippen LogP contribution is 2.55. The molecule has 2 bridgehead atoms. The zero-order valence-electron chi connectivity index (χ0n) is 14.3. The Morgan fingerprint density at radius 3 is 2.54 bits per heavy atom. The number of allylic oxidation sites excluding steroid dienone is 2. The van der Waals surface area contributed by atoms with Crippen molar-refractivity contribution in [2.45, 2.75) is 19.3 Å². The van der Waals surface area contributed by atoms with E-state index in [0.717, 1.165) is 17.5 Å². The van der Waals surface area contributed by atoms with Crippen LogP contribution < -0.4 is 4.74 Å². The third-order valence-corrected chi connectivity index (χ3v) is 5.54. The number of benzene rings is 2. The molecule has 26 heavy (non-hydrogen) atoms. The highest BCUT2D eigenvalue weighted by molar-refractivity contribution is 5.80. The van der Waals surface area contributed by atoms with E-state index in [4.69, 9.17) is 4.74 Å². The fourth-order valence-electron chi connectivity index (χ4n) is 4.35. The van der Waals surface area contributed by atoms with E-state index in [9.17, 15) is 14.7 Å². The van der Waals surface area contributed by atoms with Gasteiger partial charge in [-0.25, -0.2) is 0 Å². The zero-order chi connectivity index (χ0) is 18.1. The lowest BCUT2D eigenvalue weighted by Crippen LogP contribution is -2.33. The fraction of sp³-hybridized carbons (Fsp3) is 0.273. The molecule has 4 nitrogen and oxygen atoms in total. The van der Waals surface area contributed by atoms with Crippen molar-refractivity contribution in [3.05, 3.63) is 66.7 Å². The summed E-state index contributed by atoms with van der Waals surface area (Å²) in [6.45, 7) is 0. The maximum atomic E-state index is 12.7. The first-order valence-electron chi connectivity index (χ1n) is 8.85. The summed E-state index contributed by atoms with van der Waals surface area (Å²) in [4.78, 5) is 24.2. The molecule has 2 aliphatic rings. The van der Waals surface area contributed by atoms with Gasteiger partial charge in [-0.05, 0) is 30.4 Å². The van der Waals surface area contributed by atoms with Gasteiger partial charge in [0.15, 0.2) is 0 Å². The number of esters is 1. The van der Waals surface area contributed by atoms with E-state index in [1.54, 1.807) is 6.07 Å². The van der Waals surface area contributed by atoms with Crippen molar-refractivity contribution in [3.8, 4) is 16.9 Å². The minimum absolute atomic E-state index is 0.0973. The van der Waals surface area contributed by atoms with E-state index in [0.29, 0.717) is 12.2 Å². The Labute approximate surface area is 152 Å². The van der Waals surface area contributed by atoms with Gasteiger partial charge >= 0.3 is 11.9 Å². The molecule has 0 amide bonds. The van der Waals surface area contributed by atoms with Crippen molar-refractivity contribution in [1.82, 2.24) is 0 Å². The summed E-state index contributed by atoms with van der Waals surface area (Å²) >= 11 is 0. The number of aliphatic carboxylic acids is 1. The topological polar surface area (TPSA) is 63.6 Å². The maximum absolute atomic E-state index is 12.7. The normalized spacial score (nSPS) is 26.0. The Hall–Kier alpha value is -2.88. The summed E-state index contributed by atoms with van der Waals surface area (Å²) in [5.41, 5.74) is 1.22. The lowest BCUT2D eigenvalue weighted by Gasteiger charge is -2.28. The quantitative estimate of drug-likeness (QED) is 0.497. The van der Waals surface area contributed by atoms with Crippen LogP contribution in [0.15, 0.2) is 66.7 Å². The molecule has 0 heterocycles. The molecule has 1 saturated carbocycles. The van der Waals surface area contributed by atoms with Crippen LogP contribution in [0.2, 0.25) is 0 Å². The second-order valence-electron chi connectivity index (χ2n) is 7.20. The summed E-state index contributed by atoms with van der Waals surface area (Å²) in [5.74, 6) is -0.945. The van der Waals surface area contributed by atoms with E-state index in [2.05, 4.69) is 0 Å². The number of hydrogen-bond acceptors (Lipinski definition) is 3. The molecular formula is C22H20O4. The van der Waals surface area contributed by atoms with Crippen LogP contribution in [0, 0.1) is 17.3 Å². The van der Waals surface area contributed by atoms with Crippen LogP contribution in [-0.4, -0.2) is 17.0 Å². The lowest BCUT2D eigenvalue weighted by molar-refractivity contribution is -0.146. The molecule has 0 saturated heterocycles. The largest absolute Gasteiger partial charge is 0.481 e. The number of carboxylic acid groups (broad SMARTS) is 1. The van der Waals surface area contributed by atoms with Gasteiger partial charge in [-0.3, -0.25) is 9.59 Å². The number of carbonyl (C=O) groups is 2. The first-order chi connectivity index (χ1) is 12.6. The number of carbonyl (C=O) groups excluding carboxylic acids is 1. The summed E-state index contributed by atoms with van der Waals surface area (Å²) in [6.07, 6.45) is 5.40. The van der Waals surface area contributed by atoms with Gasteiger partial charge in [0.05, 0.1) is 12.3 Å². The molecule has 1 fully saturated rings. The minimum atomic E-state index is -0.825. The van der Waals surface area contributed by atoms with Crippen LogP contribution in [-0.2, 0) is 9.59 Å². The van der Waals surface area contributed by atoms with E-state index >= 15 is 0 Å². The van der Waals surface area contributed by atoms with Crippen molar-refractivity contribution < 1.29 is 19.4 Å². The van der Waals surface area contributed by atoms with Gasteiger partial charge in [-0.2, -0.15) is 0 Å². The van der Waals surface area contributed by atoms with Gasteiger partial charge < -0.3 is 9.84 Å². The molecule has 132 valence electrons. The Balaban J connectivity index is 1.55. The molecule has 4 rings (SSSR count). The second kappa shape index (κ2) is 6.45. The van der Waals surface area contributed by atoms with Crippen LogP contribution in [0.4, 0.5) is 0 Å². The van der Waals surface area contributed by atoms with Gasteiger partial charge in [-0.1, -0.05) is 60.7 Å². The SMILES string of the molecule is O=C(CC12C=CC(CC1C(=O)O)C2)Oc1ccccc1-c1ccccc1. The van der Waals surface area contributed by atoms with Gasteiger partial charge in [0.1, 0.15) is 5.75 Å². The number of ether oxygens (including phenoxy) is 1. The van der Waals surface area contributed by atoms with Crippen LogP contribution in [0.5, 0.6) is 5.75 Å². The molecule has 3 atom stereocenters. The first-order valence-corrected chi connectivity index (χ1v) is 8.85. The predicted octanol–water partition coefficient (Wildman–Crippen LogP) is 4.32. The number of para-hydroxylation sites is 1. The Morgan fingerprint density at radius 2 is 1.81 bits per heavy atom. The third-order valence-electron chi connectivity index (χ3n) is 5.54. The highest BCUT2D eigenvalue weighted by Gasteiger charge is 2.53. The minimum Gasteiger partial charge on any atom is -0.481 e. The molecule has 2 aromatic rings. The second-order valence-corrected chi connectivity index (χ2v) is 7.20. The standard InChI is InChI=1S/C22H20O4/c23-20(14-22-11-10-15(13-22)12-18(22)21(24)25)26-19-9-5-4-8-17(19)16-6-2-1-3-7-16/h1-11,15,18H,12-14H2,(H,24,25). The zero-order valence-corrected chi connectivity index (χ0v) is 14.3. The predicted molar refractivity (Wildman–Crippen MR) is 97.6 cm³/mol. The molecule has 0 spiro atoms. The van der Waals surface area contributed by atoms with Crippen LogP contribution in [0.3, 0.4) is 0 Å². The van der Waals surface area contributed by atoms with Crippen molar-refractivity contribution in [2.24, 2.45) is 17.3 Å². The monoisotopic (exact) mass is 348 g/mol. The van der Waals surface area contributed by atoms with E-state index in [1.165, 1.54) is 0 Å². The number of rotatable bonds is 5. The van der Waals surface area contributed by atoms with Crippen molar-refractivity contribution >= 4 is 11.9 Å². The van der Waals surface area contributed by atoms with Gasteiger partial charge in [0.2, 0.25) is 0 Å². The molecule has 0 radical (unpaired) electrons. The van der Waals surface area contributed by atoms with Gasteiger partial charge in [0, 0.05) is 11.0 Å². The molecule has 2 aliphatic carbocycles. The Morgan fingerprint density at radius 1 is 1.08 bits per heavy atom. The average Bonchev–Trinajstić information content (AvgIpc) is 3.20. The van der Waals surface area contributed by atoms with E-state index in [1.807, 2.05) is 60.7 Å². The number of carboxylic acids is 1.